The van der Waals surface area contributed by atoms with E-state index in [1.165, 1.54) is 4.90 Å². The van der Waals surface area contributed by atoms with Crippen molar-refractivity contribution in [2.24, 2.45) is 0 Å². The summed E-state index contributed by atoms with van der Waals surface area (Å²) >= 11 is 8.06. The fourth-order valence-corrected chi connectivity index (χ4v) is 2.48. The van der Waals surface area contributed by atoms with Gasteiger partial charge in [-0.05, 0) is 40.8 Å². The molecule has 102 valence electrons. The van der Waals surface area contributed by atoms with Crippen LogP contribution in [0, 0.1) is 3.57 Å². The van der Waals surface area contributed by atoms with Gasteiger partial charge >= 0.3 is 5.97 Å². The van der Waals surface area contributed by atoms with Gasteiger partial charge in [-0.25, -0.2) is 4.79 Å². The molecule has 1 atom stereocenters. The molecule has 1 aliphatic heterocycles. The Morgan fingerprint density at radius 1 is 1.47 bits per heavy atom. The van der Waals surface area contributed by atoms with E-state index in [-0.39, 0.29) is 12.5 Å². The van der Waals surface area contributed by atoms with E-state index >= 15 is 0 Å². The lowest BCUT2D eigenvalue weighted by Crippen LogP contribution is -2.56. The fraction of sp³-hybridized carbons (Fsp3) is 0.333. The van der Waals surface area contributed by atoms with Gasteiger partial charge in [0, 0.05) is 28.8 Å². The Morgan fingerprint density at radius 2 is 2.21 bits per heavy atom. The van der Waals surface area contributed by atoms with E-state index in [2.05, 4.69) is 27.9 Å². The first-order valence-electron chi connectivity index (χ1n) is 5.70. The molecule has 0 bridgehead atoms. The van der Waals surface area contributed by atoms with Gasteiger partial charge in [0.1, 0.15) is 6.04 Å². The molecule has 0 radical (unpaired) electrons. The molecule has 1 amide bonds. The van der Waals surface area contributed by atoms with Crippen LogP contribution in [0.25, 0.3) is 0 Å². The minimum Gasteiger partial charge on any atom is -0.480 e. The van der Waals surface area contributed by atoms with Crippen molar-refractivity contribution in [2.75, 3.05) is 19.6 Å². The summed E-state index contributed by atoms with van der Waals surface area (Å²) in [6.45, 7) is 1.23. The number of hydrogen-bond acceptors (Lipinski definition) is 3. The van der Waals surface area contributed by atoms with Crippen LogP contribution < -0.4 is 5.32 Å². The van der Waals surface area contributed by atoms with Gasteiger partial charge in [0.15, 0.2) is 0 Å². The Bertz CT molecular complexity index is 524. The van der Waals surface area contributed by atoms with E-state index in [9.17, 15) is 9.59 Å². The molecule has 1 saturated heterocycles. The fourth-order valence-electron chi connectivity index (χ4n) is 1.96. The molecule has 1 unspecified atom stereocenters. The number of aliphatic carboxylic acids is 1. The number of nitrogens with one attached hydrogen (secondary N) is 1. The molecule has 1 aliphatic rings. The number of benzene rings is 1. The highest BCUT2D eigenvalue weighted by Gasteiger charge is 2.32. The molecular formula is C12H12ClIN2O3. The number of halogens is 2. The van der Waals surface area contributed by atoms with Gasteiger partial charge in [0.25, 0.3) is 5.91 Å². The second kappa shape index (κ2) is 6.06. The van der Waals surface area contributed by atoms with Crippen molar-refractivity contribution >= 4 is 46.1 Å². The summed E-state index contributed by atoms with van der Waals surface area (Å²) in [5.41, 5.74) is 0.415. The normalized spacial score (nSPS) is 19.3. The Balaban J connectivity index is 2.26. The molecular weight excluding hydrogens is 383 g/mol. The average molecular weight is 395 g/mol. The number of piperazine rings is 1. The van der Waals surface area contributed by atoms with Crippen LogP contribution in [0.1, 0.15) is 10.4 Å². The van der Waals surface area contributed by atoms with Gasteiger partial charge in [0.05, 0.1) is 5.02 Å². The third kappa shape index (κ3) is 3.18. The van der Waals surface area contributed by atoms with Gasteiger partial charge in [-0.3, -0.25) is 4.79 Å². The van der Waals surface area contributed by atoms with Crippen molar-refractivity contribution in [1.29, 1.82) is 0 Å². The summed E-state index contributed by atoms with van der Waals surface area (Å²) in [5, 5.41) is 12.6. The SMILES string of the molecule is O=C(O)C1CNCCN1C(=O)c1ccc(I)c(Cl)c1. The topological polar surface area (TPSA) is 69.6 Å². The quantitative estimate of drug-likeness (QED) is 0.745. The lowest BCUT2D eigenvalue weighted by atomic mass is 10.1. The molecule has 1 aromatic carbocycles. The van der Waals surface area contributed by atoms with Crippen LogP contribution >= 0.6 is 34.2 Å². The molecule has 19 heavy (non-hydrogen) atoms. The van der Waals surface area contributed by atoms with Crippen molar-refractivity contribution in [3.63, 3.8) is 0 Å². The van der Waals surface area contributed by atoms with Crippen molar-refractivity contribution in [3.05, 3.63) is 32.4 Å². The molecule has 0 aliphatic carbocycles. The summed E-state index contributed by atoms with van der Waals surface area (Å²) in [5.74, 6) is -1.30. The van der Waals surface area contributed by atoms with E-state index in [4.69, 9.17) is 16.7 Å². The predicted octanol–water partition coefficient (Wildman–Crippen LogP) is 1.44. The third-order valence-corrected chi connectivity index (χ3v) is 4.53. The standard InChI is InChI=1S/C12H12ClIN2O3/c13-8-5-7(1-2-9(8)14)11(17)16-4-3-15-6-10(16)12(18)19/h1-2,5,10,15H,3-4,6H2,(H,18,19). The molecule has 5 nitrogen and oxygen atoms in total. The molecule has 0 aromatic heterocycles. The van der Waals surface area contributed by atoms with Gasteiger partial charge < -0.3 is 15.3 Å². The molecule has 7 heteroatoms. The number of carbonyl (C=O) groups excluding carboxylic acids is 1. The van der Waals surface area contributed by atoms with Crippen molar-refractivity contribution in [2.45, 2.75) is 6.04 Å². The minimum atomic E-state index is -1.00. The highest BCUT2D eigenvalue weighted by atomic mass is 127. The zero-order valence-corrected chi connectivity index (χ0v) is 12.8. The van der Waals surface area contributed by atoms with Crippen LogP contribution in [0.15, 0.2) is 18.2 Å². The monoisotopic (exact) mass is 394 g/mol. The minimum absolute atomic E-state index is 0.263. The van der Waals surface area contributed by atoms with Crippen LogP contribution in [0.3, 0.4) is 0 Å². The Kier molecular flexibility index (Phi) is 4.64. The second-order valence-corrected chi connectivity index (χ2v) is 5.75. The van der Waals surface area contributed by atoms with E-state index in [1.54, 1.807) is 18.2 Å². The van der Waals surface area contributed by atoms with Gasteiger partial charge in [-0.1, -0.05) is 11.6 Å². The van der Waals surface area contributed by atoms with Crippen LogP contribution in [-0.2, 0) is 4.79 Å². The maximum atomic E-state index is 12.4. The number of amides is 1. The highest BCUT2D eigenvalue weighted by molar-refractivity contribution is 14.1. The van der Waals surface area contributed by atoms with Crippen molar-refractivity contribution in [3.8, 4) is 0 Å². The largest absolute Gasteiger partial charge is 0.480 e. The van der Waals surface area contributed by atoms with Crippen LogP contribution in [0.2, 0.25) is 5.02 Å². The molecule has 0 spiro atoms. The lowest BCUT2D eigenvalue weighted by molar-refractivity contribution is -0.142. The molecule has 1 heterocycles. The molecule has 1 fully saturated rings. The van der Waals surface area contributed by atoms with E-state index in [0.717, 1.165) is 3.57 Å². The predicted molar refractivity (Wildman–Crippen MR) is 79.5 cm³/mol. The molecule has 2 N–H and O–H groups in total. The zero-order valence-electron chi connectivity index (χ0n) is 9.90. The number of rotatable bonds is 2. The average Bonchev–Trinajstić information content (AvgIpc) is 2.41. The Hall–Kier alpha value is -0.860. The number of carboxylic acids is 1. The number of carbonyl (C=O) groups is 2. The second-order valence-electron chi connectivity index (χ2n) is 4.19. The van der Waals surface area contributed by atoms with Gasteiger partial charge in [0.2, 0.25) is 0 Å². The van der Waals surface area contributed by atoms with Crippen molar-refractivity contribution < 1.29 is 14.7 Å². The zero-order chi connectivity index (χ0) is 14.0. The maximum Gasteiger partial charge on any atom is 0.327 e. The van der Waals surface area contributed by atoms with Crippen molar-refractivity contribution in [1.82, 2.24) is 10.2 Å². The Labute approximate surface area is 129 Å². The van der Waals surface area contributed by atoms with E-state index in [0.29, 0.717) is 23.7 Å². The number of carboxylic acid groups (broad SMARTS) is 1. The number of hydrogen-bond donors (Lipinski definition) is 2. The summed E-state index contributed by atoms with van der Waals surface area (Å²) in [6, 6.07) is 4.15. The van der Waals surface area contributed by atoms with E-state index in [1.807, 2.05) is 0 Å². The summed E-state index contributed by atoms with van der Waals surface area (Å²) in [4.78, 5) is 24.9. The van der Waals surface area contributed by atoms with Gasteiger partial charge in [-0.15, -0.1) is 0 Å². The molecule has 2 rings (SSSR count). The summed E-state index contributed by atoms with van der Waals surface area (Å²) in [7, 11) is 0. The lowest BCUT2D eigenvalue weighted by Gasteiger charge is -2.33. The summed E-state index contributed by atoms with van der Waals surface area (Å²) < 4.78 is 0.853. The maximum absolute atomic E-state index is 12.4. The Morgan fingerprint density at radius 3 is 2.84 bits per heavy atom. The first-order valence-corrected chi connectivity index (χ1v) is 7.16. The smallest absolute Gasteiger partial charge is 0.327 e. The highest BCUT2D eigenvalue weighted by Crippen LogP contribution is 2.21. The first-order chi connectivity index (χ1) is 9.00. The summed E-state index contributed by atoms with van der Waals surface area (Å²) in [6.07, 6.45) is 0. The number of nitrogens with zero attached hydrogens (tertiary/aromatic N) is 1. The molecule has 0 saturated carbocycles. The van der Waals surface area contributed by atoms with Gasteiger partial charge in [-0.2, -0.15) is 0 Å². The van der Waals surface area contributed by atoms with E-state index < -0.39 is 12.0 Å². The van der Waals surface area contributed by atoms with Crippen LogP contribution in [0.4, 0.5) is 0 Å². The molecule has 1 aromatic rings. The first kappa shape index (κ1) is 14.5. The third-order valence-electron chi connectivity index (χ3n) is 2.96. The van der Waals surface area contributed by atoms with Crippen LogP contribution in [0.5, 0.6) is 0 Å². The van der Waals surface area contributed by atoms with Crippen LogP contribution in [-0.4, -0.2) is 47.6 Å².